The molecule has 0 saturated heterocycles. The van der Waals surface area contributed by atoms with Crippen molar-refractivity contribution in [2.45, 2.75) is 13.5 Å². The minimum absolute atomic E-state index is 0.0297. The summed E-state index contributed by atoms with van der Waals surface area (Å²) in [4.78, 5) is 0. The van der Waals surface area contributed by atoms with Gasteiger partial charge in [0, 0.05) is 11.6 Å². The minimum Gasteiger partial charge on any atom is -0.313 e. The van der Waals surface area contributed by atoms with Gasteiger partial charge in [0.05, 0.1) is 5.56 Å². The van der Waals surface area contributed by atoms with Crippen LogP contribution in [0.1, 0.15) is 12.5 Å². The number of hydrogen-bond donors (Lipinski definition) is 1. The van der Waals surface area contributed by atoms with Crippen LogP contribution >= 0.6 is 11.6 Å². The second-order valence-electron chi connectivity index (χ2n) is 4.18. The van der Waals surface area contributed by atoms with Gasteiger partial charge in [0.2, 0.25) is 0 Å². The van der Waals surface area contributed by atoms with E-state index in [4.69, 9.17) is 11.6 Å². The highest BCUT2D eigenvalue weighted by Gasteiger charge is 2.14. The van der Waals surface area contributed by atoms with E-state index in [1.54, 1.807) is 18.2 Å². The second-order valence-corrected chi connectivity index (χ2v) is 4.61. The first kappa shape index (κ1) is 14.0. The number of nitrogens with one attached hydrogen (secondary N) is 1. The monoisotopic (exact) mass is 281 g/mol. The molecule has 0 atom stereocenters. The molecule has 2 aromatic carbocycles. The molecule has 100 valence electrons. The van der Waals surface area contributed by atoms with E-state index in [9.17, 15) is 8.78 Å². The van der Waals surface area contributed by atoms with Crippen molar-refractivity contribution in [2.24, 2.45) is 0 Å². The van der Waals surface area contributed by atoms with E-state index >= 15 is 0 Å². The van der Waals surface area contributed by atoms with Gasteiger partial charge in [-0.2, -0.15) is 0 Å². The van der Waals surface area contributed by atoms with Gasteiger partial charge < -0.3 is 5.32 Å². The first-order chi connectivity index (χ1) is 9.13. The number of hydrogen-bond acceptors (Lipinski definition) is 1. The van der Waals surface area contributed by atoms with Gasteiger partial charge in [0.25, 0.3) is 0 Å². The van der Waals surface area contributed by atoms with Crippen LogP contribution in [0.2, 0.25) is 5.02 Å². The maximum Gasteiger partial charge on any atom is 0.133 e. The average Bonchev–Trinajstić information content (AvgIpc) is 2.37. The molecule has 0 saturated carbocycles. The Kier molecular flexibility index (Phi) is 4.51. The fourth-order valence-corrected chi connectivity index (χ4v) is 2.12. The predicted octanol–water partition coefficient (Wildman–Crippen LogP) is 4.39. The molecule has 0 radical (unpaired) electrons. The molecule has 19 heavy (non-hydrogen) atoms. The predicted molar refractivity (Wildman–Crippen MR) is 74.2 cm³/mol. The van der Waals surface area contributed by atoms with Crippen LogP contribution in [0.3, 0.4) is 0 Å². The number of halogens is 3. The minimum atomic E-state index is -0.583. The molecule has 4 heteroatoms. The summed E-state index contributed by atoms with van der Waals surface area (Å²) in [6.07, 6.45) is 0. The summed E-state index contributed by atoms with van der Waals surface area (Å²) in [7, 11) is 0. The Morgan fingerprint density at radius 3 is 2.42 bits per heavy atom. The van der Waals surface area contributed by atoms with Crippen LogP contribution in [0.25, 0.3) is 11.1 Å². The maximum absolute atomic E-state index is 13.9. The van der Waals surface area contributed by atoms with E-state index < -0.39 is 11.6 Å². The van der Waals surface area contributed by atoms with Crippen LogP contribution in [0.5, 0.6) is 0 Å². The summed E-state index contributed by atoms with van der Waals surface area (Å²) in [5, 5.41) is 3.60. The summed E-state index contributed by atoms with van der Waals surface area (Å²) in [5.74, 6) is -1.17. The van der Waals surface area contributed by atoms with Crippen molar-refractivity contribution in [1.82, 2.24) is 5.32 Å². The molecule has 0 aromatic heterocycles. The standard InChI is InChI=1S/C15H14ClF2N/c1-2-19-9-10-6-7-11(16)8-12(10)15-13(17)4-3-5-14(15)18/h3-8,19H,2,9H2,1H3. The number of benzene rings is 2. The van der Waals surface area contributed by atoms with Crippen molar-refractivity contribution in [3.05, 3.63) is 58.6 Å². The van der Waals surface area contributed by atoms with Crippen molar-refractivity contribution in [3.63, 3.8) is 0 Å². The SMILES string of the molecule is CCNCc1ccc(Cl)cc1-c1c(F)cccc1F. The van der Waals surface area contributed by atoms with Crippen LogP contribution < -0.4 is 5.32 Å². The molecule has 0 spiro atoms. The lowest BCUT2D eigenvalue weighted by molar-refractivity contribution is 0.589. The van der Waals surface area contributed by atoms with Crippen molar-refractivity contribution < 1.29 is 8.78 Å². The summed E-state index contributed by atoms with van der Waals surface area (Å²) >= 11 is 5.94. The Labute approximate surface area is 116 Å². The van der Waals surface area contributed by atoms with Crippen molar-refractivity contribution >= 4 is 11.6 Å². The smallest absolute Gasteiger partial charge is 0.133 e. The fourth-order valence-electron chi connectivity index (χ4n) is 1.95. The van der Waals surface area contributed by atoms with Gasteiger partial charge in [0.1, 0.15) is 11.6 Å². The summed E-state index contributed by atoms with van der Waals surface area (Å²) < 4.78 is 27.7. The van der Waals surface area contributed by atoms with Gasteiger partial charge >= 0.3 is 0 Å². The third-order valence-electron chi connectivity index (χ3n) is 2.87. The van der Waals surface area contributed by atoms with E-state index in [-0.39, 0.29) is 5.56 Å². The van der Waals surface area contributed by atoms with E-state index in [2.05, 4.69) is 5.32 Å². The second kappa shape index (κ2) is 6.13. The molecule has 0 heterocycles. The third kappa shape index (κ3) is 3.11. The summed E-state index contributed by atoms with van der Waals surface area (Å²) in [5.41, 5.74) is 1.28. The molecule has 0 aliphatic heterocycles. The first-order valence-corrected chi connectivity index (χ1v) is 6.44. The Hall–Kier alpha value is -1.45. The molecular formula is C15H14ClF2N. The molecule has 0 fully saturated rings. The quantitative estimate of drug-likeness (QED) is 0.876. The zero-order valence-corrected chi connectivity index (χ0v) is 11.3. The average molecular weight is 282 g/mol. The van der Waals surface area contributed by atoms with E-state index in [1.165, 1.54) is 18.2 Å². The molecule has 1 nitrogen and oxygen atoms in total. The Morgan fingerprint density at radius 1 is 1.11 bits per heavy atom. The highest BCUT2D eigenvalue weighted by atomic mass is 35.5. The van der Waals surface area contributed by atoms with Crippen LogP contribution in [-0.2, 0) is 6.54 Å². The normalized spacial score (nSPS) is 10.7. The van der Waals surface area contributed by atoms with E-state index in [0.717, 1.165) is 12.1 Å². The molecule has 1 N–H and O–H groups in total. The molecular weight excluding hydrogens is 268 g/mol. The van der Waals surface area contributed by atoms with Gasteiger partial charge in [0.15, 0.2) is 0 Å². The zero-order chi connectivity index (χ0) is 13.8. The zero-order valence-electron chi connectivity index (χ0n) is 10.5. The highest BCUT2D eigenvalue weighted by molar-refractivity contribution is 6.30. The van der Waals surface area contributed by atoms with Crippen LogP contribution in [0, 0.1) is 11.6 Å². The molecule has 0 aliphatic carbocycles. The highest BCUT2D eigenvalue weighted by Crippen LogP contribution is 2.31. The lowest BCUT2D eigenvalue weighted by Crippen LogP contribution is -2.12. The van der Waals surface area contributed by atoms with E-state index in [1.807, 2.05) is 6.92 Å². The Balaban J connectivity index is 2.56. The Morgan fingerprint density at radius 2 is 1.79 bits per heavy atom. The van der Waals surface area contributed by atoms with Crippen LogP contribution in [0.15, 0.2) is 36.4 Å². The molecule has 0 aliphatic rings. The van der Waals surface area contributed by atoms with Gasteiger partial charge in [-0.25, -0.2) is 8.78 Å². The van der Waals surface area contributed by atoms with Crippen molar-refractivity contribution in [3.8, 4) is 11.1 Å². The molecule has 0 amide bonds. The van der Waals surface area contributed by atoms with Gasteiger partial charge in [-0.15, -0.1) is 0 Å². The fraction of sp³-hybridized carbons (Fsp3) is 0.200. The van der Waals surface area contributed by atoms with Crippen LogP contribution in [0.4, 0.5) is 8.78 Å². The molecule has 2 aromatic rings. The van der Waals surface area contributed by atoms with E-state index in [0.29, 0.717) is 17.1 Å². The van der Waals surface area contributed by atoms with Gasteiger partial charge in [-0.3, -0.25) is 0 Å². The van der Waals surface area contributed by atoms with Crippen molar-refractivity contribution in [1.29, 1.82) is 0 Å². The summed E-state index contributed by atoms with van der Waals surface area (Å²) in [6, 6.07) is 8.94. The third-order valence-corrected chi connectivity index (χ3v) is 3.10. The Bertz CT molecular complexity index is 564. The van der Waals surface area contributed by atoms with Gasteiger partial charge in [-0.1, -0.05) is 30.7 Å². The molecule has 2 rings (SSSR count). The lowest BCUT2D eigenvalue weighted by Gasteiger charge is -2.12. The van der Waals surface area contributed by atoms with Crippen molar-refractivity contribution in [2.75, 3.05) is 6.54 Å². The summed E-state index contributed by atoms with van der Waals surface area (Å²) in [6.45, 7) is 3.29. The topological polar surface area (TPSA) is 12.0 Å². The number of rotatable bonds is 4. The first-order valence-electron chi connectivity index (χ1n) is 6.07. The maximum atomic E-state index is 13.9. The largest absolute Gasteiger partial charge is 0.313 e. The lowest BCUT2D eigenvalue weighted by atomic mass is 9.98. The molecule has 0 unspecified atom stereocenters. The van der Waals surface area contributed by atoms with Crippen LogP contribution in [-0.4, -0.2) is 6.54 Å². The van der Waals surface area contributed by atoms with Gasteiger partial charge in [-0.05, 0) is 41.9 Å². The molecule has 0 bridgehead atoms.